The molecular weight excluding hydrogens is 396 g/mol. The molecule has 2 aromatic rings. The van der Waals surface area contributed by atoms with Gasteiger partial charge in [-0.2, -0.15) is 0 Å². The Kier molecular flexibility index (Phi) is 7.52. The molecule has 0 spiro atoms. The summed E-state index contributed by atoms with van der Waals surface area (Å²) in [5.74, 6) is 3.40. The van der Waals surface area contributed by atoms with Crippen LogP contribution in [0.15, 0.2) is 21.9 Å². The van der Waals surface area contributed by atoms with Gasteiger partial charge in [0.1, 0.15) is 17.9 Å². The molecule has 2 aliphatic rings. The quantitative estimate of drug-likeness (QED) is 0.488. The monoisotopic (exact) mass is 430 g/mol. The van der Waals surface area contributed by atoms with E-state index in [9.17, 15) is 0 Å². The average molecular weight is 431 g/mol. The van der Waals surface area contributed by atoms with Gasteiger partial charge in [0.05, 0.1) is 12.3 Å². The molecule has 2 aromatic heterocycles. The third-order valence-electron chi connectivity index (χ3n) is 5.91. The van der Waals surface area contributed by atoms with Crippen molar-refractivity contribution < 1.29 is 9.26 Å². The number of nitrogens with one attached hydrogen (secondary N) is 1. The van der Waals surface area contributed by atoms with Crippen LogP contribution >= 0.6 is 0 Å². The molecule has 31 heavy (non-hydrogen) atoms. The standard InChI is InChI=1S/C21H34N8O2/c1-3-20-25-24-16-29(20)6-5-22-21(23-13-18-4-11-30-15-18)28-9-7-27(8-10-28)14-19-12-17(2)31-26-19/h12,16,18H,3-11,13-15H2,1-2H3,(H,22,23). The normalized spacial score (nSPS) is 20.5. The Hall–Kier alpha value is -2.46. The number of rotatable bonds is 8. The first-order chi connectivity index (χ1) is 15.2. The van der Waals surface area contributed by atoms with E-state index in [1.54, 1.807) is 6.33 Å². The molecule has 1 atom stereocenters. The van der Waals surface area contributed by atoms with Gasteiger partial charge in [-0.05, 0) is 13.3 Å². The van der Waals surface area contributed by atoms with E-state index in [1.165, 1.54) is 0 Å². The highest BCUT2D eigenvalue weighted by molar-refractivity contribution is 5.80. The van der Waals surface area contributed by atoms with Gasteiger partial charge in [-0.1, -0.05) is 12.1 Å². The minimum Gasteiger partial charge on any atom is -0.381 e. The van der Waals surface area contributed by atoms with Gasteiger partial charge in [-0.15, -0.1) is 10.2 Å². The van der Waals surface area contributed by atoms with E-state index < -0.39 is 0 Å². The average Bonchev–Trinajstić information content (AvgIpc) is 3.54. The number of nitrogens with zero attached hydrogens (tertiary/aromatic N) is 7. The highest BCUT2D eigenvalue weighted by Crippen LogP contribution is 2.13. The molecule has 2 fully saturated rings. The van der Waals surface area contributed by atoms with Crippen molar-refractivity contribution in [1.29, 1.82) is 0 Å². The Bertz CT molecular complexity index is 834. The molecule has 0 radical (unpaired) electrons. The highest BCUT2D eigenvalue weighted by atomic mass is 16.5. The lowest BCUT2D eigenvalue weighted by atomic mass is 10.1. The van der Waals surface area contributed by atoms with Crippen LogP contribution in [0.3, 0.4) is 0 Å². The van der Waals surface area contributed by atoms with E-state index in [-0.39, 0.29) is 0 Å². The molecule has 2 aliphatic heterocycles. The molecule has 170 valence electrons. The number of ether oxygens (including phenoxy) is 1. The van der Waals surface area contributed by atoms with Gasteiger partial charge in [0.15, 0.2) is 5.96 Å². The maximum atomic E-state index is 5.52. The van der Waals surface area contributed by atoms with E-state index in [2.05, 4.69) is 42.0 Å². The summed E-state index contributed by atoms with van der Waals surface area (Å²) < 4.78 is 12.8. The Labute approximate surface area is 183 Å². The first-order valence-electron chi connectivity index (χ1n) is 11.3. The lowest BCUT2D eigenvalue weighted by Crippen LogP contribution is -2.52. The molecule has 4 rings (SSSR count). The third kappa shape index (κ3) is 6.04. The van der Waals surface area contributed by atoms with Gasteiger partial charge in [-0.3, -0.25) is 9.89 Å². The summed E-state index contributed by atoms with van der Waals surface area (Å²) in [6, 6.07) is 2.01. The van der Waals surface area contributed by atoms with Gasteiger partial charge in [0, 0.05) is 77.4 Å². The Morgan fingerprint density at radius 3 is 2.87 bits per heavy atom. The largest absolute Gasteiger partial charge is 0.381 e. The van der Waals surface area contributed by atoms with E-state index >= 15 is 0 Å². The van der Waals surface area contributed by atoms with Crippen molar-refractivity contribution in [2.24, 2.45) is 10.9 Å². The zero-order valence-corrected chi connectivity index (χ0v) is 18.7. The fourth-order valence-electron chi connectivity index (χ4n) is 4.08. The predicted molar refractivity (Wildman–Crippen MR) is 117 cm³/mol. The maximum Gasteiger partial charge on any atom is 0.194 e. The number of aryl methyl sites for hydroxylation is 2. The lowest BCUT2D eigenvalue weighted by Gasteiger charge is -2.36. The molecule has 10 heteroatoms. The fourth-order valence-corrected chi connectivity index (χ4v) is 4.08. The van der Waals surface area contributed by atoms with Crippen molar-refractivity contribution in [3.05, 3.63) is 29.7 Å². The van der Waals surface area contributed by atoms with Crippen LogP contribution in [0.5, 0.6) is 0 Å². The van der Waals surface area contributed by atoms with Crippen LogP contribution in [0.25, 0.3) is 0 Å². The number of guanidine groups is 1. The molecule has 0 aromatic carbocycles. The molecule has 1 unspecified atom stereocenters. The van der Waals surface area contributed by atoms with Crippen molar-refractivity contribution >= 4 is 5.96 Å². The van der Waals surface area contributed by atoms with Crippen molar-refractivity contribution in [2.45, 2.75) is 39.8 Å². The van der Waals surface area contributed by atoms with E-state index in [0.29, 0.717) is 5.92 Å². The lowest BCUT2D eigenvalue weighted by molar-refractivity contribution is 0.168. The zero-order valence-electron chi connectivity index (χ0n) is 18.7. The number of aliphatic imine (C=N–C) groups is 1. The van der Waals surface area contributed by atoms with Crippen molar-refractivity contribution in [3.63, 3.8) is 0 Å². The summed E-state index contributed by atoms with van der Waals surface area (Å²) in [5, 5.41) is 15.9. The molecule has 2 saturated heterocycles. The molecule has 1 N–H and O–H groups in total. The highest BCUT2D eigenvalue weighted by Gasteiger charge is 2.22. The van der Waals surface area contributed by atoms with Crippen LogP contribution in [-0.2, 0) is 24.2 Å². The molecule has 4 heterocycles. The van der Waals surface area contributed by atoms with Crippen LogP contribution in [0.4, 0.5) is 0 Å². The Balaban J connectivity index is 1.32. The Morgan fingerprint density at radius 1 is 1.29 bits per heavy atom. The topological polar surface area (TPSA) is 96.8 Å². The summed E-state index contributed by atoms with van der Waals surface area (Å²) in [7, 11) is 0. The van der Waals surface area contributed by atoms with Gasteiger partial charge in [-0.25, -0.2) is 0 Å². The van der Waals surface area contributed by atoms with E-state index in [4.69, 9.17) is 14.3 Å². The first kappa shape index (κ1) is 21.8. The number of aromatic nitrogens is 4. The second-order valence-electron chi connectivity index (χ2n) is 8.31. The SMILES string of the molecule is CCc1nncn1CCNC(=NCC1CCOC1)N1CCN(Cc2cc(C)on2)CC1. The fraction of sp³-hybridized carbons (Fsp3) is 0.714. The molecule has 0 saturated carbocycles. The number of hydrogen-bond acceptors (Lipinski definition) is 7. The molecular formula is C21H34N8O2. The first-order valence-corrected chi connectivity index (χ1v) is 11.3. The number of hydrogen-bond donors (Lipinski definition) is 1. The minimum atomic E-state index is 0.526. The van der Waals surface area contributed by atoms with E-state index in [1.807, 2.05) is 13.0 Å². The van der Waals surface area contributed by atoms with Crippen molar-refractivity contribution in [3.8, 4) is 0 Å². The molecule has 0 aliphatic carbocycles. The van der Waals surface area contributed by atoms with Crippen LogP contribution < -0.4 is 5.32 Å². The van der Waals surface area contributed by atoms with Gasteiger partial charge in [0.25, 0.3) is 0 Å². The second-order valence-corrected chi connectivity index (χ2v) is 8.31. The smallest absolute Gasteiger partial charge is 0.194 e. The summed E-state index contributed by atoms with van der Waals surface area (Å²) >= 11 is 0. The summed E-state index contributed by atoms with van der Waals surface area (Å²) in [6.45, 7) is 12.8. The summed E-state index contributed by atoms with van der Waals surface area (Å²) in [4.78, 5) is 9.75. The maximum absolute atomic E-state index is 5.52. The van der Waals surface area contributed by atoms with E-state index in [0.717, 1.165) is 102 Å². The molecule has 10 nitrogen and oxygen atoms in total. The van der Waals surface area contributed by atoms with Gasteiger partial charge >= 0.3 is 0 Å². The zero-order chi connectivity index (χ0) is 21.5. The molecule has 0 bridgehead atoms. The summed E-state index contributed by atoms with van der Waals surface area (Å²) in [5.41, 5.74) is 1.000. The van der Waals surface area contributed by atoms with Crippen LogP contribution in [0.1, 0.15) is 30.6 Å². The third-order valence-corrected chi connectivity index (χ3v) is 5.91. The predicted octanol–water partition coefficient (Wildman–Crippen LogP) is 0.937. The van der Waals surface area contributed by atoms with Gasteiger partial charge in [0.2, 0.25) is 0 Å². The van der Waals surface area contributed by atoms with Crippen molar-refractivity contribution in [1.82, 2.24) is 35.0 Å². The van der Waals surface area contributed by atoms with Crippen LogP contribution in [-0.4, -0.2) is 88.2 Å². The minimum absolute atomic E-state index is 0.526. The molecule has 0 amide bonds. The summed E-state index contributed by atoms with van der Waals surface area (Å²) in [6.07, 6.45) is 3.79. The van der Waals surface area contributed by atoms with Crippen LogP contribution in [0, 0.1) is 12.8 Å². The van der Waals surface area contributed by atoms with Crippen LogP contribution in [0.2, 0.25) is 0 Å². The van der Waals surface area contributed by atoms with Gasteiger partial charge < -0.3 is 24.0 Å². The Morgan fingerprint density at radius 2 is 2.16 bits per heavy atom. The van der Waals surface area contributed by atoms with Crippen molar-refractivity contribution in [2.75, 3.05) is 52.5 Å². The second kappa shape index (κ2) is 10.7. The number of piperazine rings is 1.